The van der Waals surface area contributed by atoms with Gasteiger partial charge in [0.1, 0.15) is 5.41 Å². The molecule has 0 radical (unpaired) electrons. The predicted octanol–water partition coefficient (Wildman–Crippen LogP) is 2.40. The van der Waals surface area contributed by atoms with Crippen LogP contribution < -0.4 is 0 Å². The smallest absolute Gasteiger partial charge is 0.260 e. The summed E-state index contributed by atoms with van der Waals surface area (Å²) in [6.45, 7) is 0. The fraction of sp³-hybridized carbons (Fsp3) is 0.118. The molecular weight excluding hydrogens is 298 g/mol. The van der Waals surface area contributed by atoms with E-state index in [1.54, 1.807) is 30.3 Å². The van der Waals surface area contributed by atoms with Gasteiger partial charge >= 0.3 is 0 Å². The number of fused-ring (bicyclic) bond motifs is 4. The number of rotatable bonds is 0. The summed E-state index contributed by atoms with van der Waals surface area (Å²) < 4.78 is 0. The molecule has 2 aromatic rings. The van der Waals surface area contributed by atoms with E-state index in [0.717, 1.165) is 4.90 Å². The second-order valence-electron chi connectivity index (χ2n) is 5.38. The van der Waals surface area contributed by atoms with E-state index in [2.05, 4.69) is 0 Å². The van der Waals surface area contributed by atoms with Crippen molar-refractivity contribution in [1.29, 1.82) is 0 Å². The van der Waals surface area contributed by atoms with Gasteiger partial charge in [0.15, 0.2) is 5.78 Å². The molecule has 1 spiro atoms. The minimum absolute atomic E-state index is 0.0968. The Bertz CT molecular complexity index is 880. The van der Waals surface area contributed by atoms with E-state index in [-0.39, 0.29) is 17.6 Å². The van der Waals surface area contributed by atoms with E-state index >= 15 is 0 Å². The van der Waals surface area contributed by atoms with Crippen LogP contribution in [0.4, 0.5) is 0 Å². The van der Waals surface area contributed by atoms with Crippen molar-refractivity contribution < 1.29 is 14.4 Å². The summed E-state index contributed by atoms with van der Waals surface area (Å²) in [6.07, 6.45) is 3.08. The van der Waals surface area contributed by atoms with Gasteiger partial charge in [0.05, 0.1) is 4.88 Å². The lowest BCUT2D eigenvalue weighted by atomic mass is 9.67. The molecule has 4 nitrogen and oxygen atoms in total. The highest BCUT2D eigenvalue weighted by molar-refractivity contribution is 7.12. The molecule has 0 saturated heterocycles. The Labute approximate surface area is 130 Å². The number of benzene rings is 1. The van der Waals surface area contributed by atoms with Gasteiger partial charge in [0, 0.05) is 12.6 Å². The third-order valence-electron chi connectivity index (χ3n) is 4.33. The summed E-state index contributed by atoms with van der Waals surface area (Å²) in [6, 6.07) is 8.90. The number of thiophene rings is 1. The number of nitrogens with zero attached hydrogens (tertiary/aromatic N) is 1. The van der Waals surface area contributed by atoms with Crippen LogP contribution in [0.2, 0.25) is 0 Å². The number of hydrogen-bond acceptors (Lipinski definition) is 4. The van der Waals surface area contributed by atoms with Crippen LogP contribution in [0.25, 0.3) is 0 Å². The standard InChI is InChI=1S/C17H11NO3S/c1-18-15(20)10-4-2-3-5-11(10)17(16(18)21)8-6-13(19)14-12(17)7-9-22-14/h2-9H,1H3. The quantitative estimate of drug-likeness (QED) is 0.702. The van der Waals surface area contributed by atoms with Gasteiger partial charge in [-0.1, -0.05) is 24.3 Å². The predicted molar refractivity (Wildman–Crippen MR) is 82.1 cm³/mol. The first-order valence-electron chi connectivity index (χ1n) is 6.81. The minimum Gasteiger partial charge on any atom is -0.288 e. The molecule has 108 valence electrons. The minimum atomic E-state index is -1.08. The van der Waals surface area contributed by atoms with Gasteiger partial charge in [0.2, 0.25) is 5.91 Å². The van der Waals surface area contributed by atoms with E-state index in [1.807, 2.05) is 11.4 Å². The molecule has 1 aromatic carbocycles. The molecule has 0 bridgehead atoms. The number of ketones is 1. The van der Waals surface area contributed by atoms with Gasteiger partial charge in [-0.2, -0.15) is 0 Å². The lowest BCUT2D eigenvalue weighted by Gasteiger charge is -2.40. The first-order chi connectivity index (χ1) is 10.6. The SMILES string of the molecule is CN1C(=O)c2ccccc2C2(C=CC(=O)c3sccc32)C1=O. The summed E-state index contributed by atoms with van der Waals surface area (Å²) in [5, 5.41) is 1.81. The molecule has 1 aliphatic carbocycles. The Hall–Kier alpha value is -2.53. The average Bonchev–Trinajstić information content (AvgIpc) is 3.04. The maximum atomic E-state index is 13.0. The largest absolute Gasteiger partial charge is 0.288 e. The van der Waals surface area contributed by atoms with Crippen molar-refractivity contribution >= 4 is 28.9 Å². The lowest BCUT2D eigenvalue weighted by molar-refractivity contribution is -0.131. The highest BCUT2D eigenvalue weighted by Crippen LogP contribution is 2.46. The second-order valence-corrected chi connectivity index (χ2v) is 6.30. The molecule has 2 heterocycles. The Kier molecular flexibility index (Phi) is 2.53. The number of amides is 2. The van der Waals surface area contributed by atoms with Crippen molar-refractivity contribution in [2.45, 2.75) is 5.41 Å². The van der Waals surface area contributed by atoms with Gasteiger partial charge in [-0.05, 0) is 34.7 Å². The number of carbonyl (C=O) groups excluding carboxylic acids is 3. The van der Waals surface area contributed by atoms with Crippen molar-refractivity contribution in [1.82, 2.24) is 4.90 Å². The topological polar surface area (TPSA) is 54.5 Å². The van der Waals surface area contributed by atoms with E-state index < -0.39 is 5.41 Å². The third-order valence-corrected chi connectivity index (χ3v) is 5.26. The molecule has 22 heavy (non-hydrogen) atoms. The van der Waals surface area contributed by atoms with E-state index in [4.69, 9.17) is 0 Å². The summed E-state index contributed by atoms with van der Waals surface area (Å²) in [7, 11) is 1.48. The molecule has 0 N–H and O–H groups in total. The maximum Gasteiger partial charge on any atom is 0.260 e. The number of likely N-dealkylation sites (N-methyl/N-ethyl adjacent to an activating group) is 1. The molecule has 4 rings (SSSR count). The van der Waals surface area contributed by atoms with Crippen molar-refractivity contribution in [2.24, 2.45) is 0 Å². The number of allylic oxidation sites excluding steroid dienone is 1. The molecule has 1 aliphatic heterocycles. The van der Waals surface area contributed by atoms with Crippen LogP contribution in [-0.2, 0) is 10.2 Å². The van der Waals surface area contributed by atoms with Gasteiger partial charge in [-0.3, -0.25) is 19.3 Å². The fourth-order valence-electron chi connectivity index (χ4n) is 3.26. The molecule has 1 atom stereocenters. The Morgan fingerprint density at radius 2 is 1.82 bits per heavy atom. The van der Waals surface area contributed by atoms with E-state index in [1.165, 1.54) is 24.5 Å². The highest BCUT2D eigenvalue weighted by atomic mass is 32.1. The Balaban J connectivity index is 2.13. The van der Waals surface area contributed by atoms with Gasteiger partial charge in [-0.15, -0.1) is 11.3 Å². The summed E-state index contributed by atoms with van der Waals surface area (Å²) in [4.78, 5) is 39.1. The van der Waals surface area contributed by atoms with Crippen molar-refractivity contribution in [3.8, 4) is 0 Å². The van der Waals surface area contributed by atoms with Crippen LogP contribution in [0.1, 0.15) is 31.2 Å². The number of imide groups is 1. The van der Waals surface area contributed by atoms with Crippen LogP contribution >= 0.6 is 11.3 Å². The number of hydrogen-bond donors (Lipinski definition) is 0. The zero-order valence-electron chi connectivity index (χ0n) is 11.7. The highest BCUT2D eigenvalue weighted by Gasteiger charge is 2.52. The van der Waals surface area contributed by atoms with Crippen molar-refractivity contribution in [3.05, 3.63) is 69.4 Å². The maximum absolute atomic E-state index is 13.0. The zero-order chi connectivity index (χ0) is 15.5. The van der Waals surface area contributed by atoms with Crippen LogP contribution in [0.3, 0.4) is 0 Å². The fourth-order valence-corrected chi connectivity index (χ4v) is 4.14. The van der Waals surface area contributed by atoms with Crippen molar-refractivity contribution in [3.63, 3.8) is 0 Å². The zero-order valence-corrected chi connectivity index (χ0v) is 12.5. The van der Waals surface area contributed by atoms with Crippen LogP contribution in [0, 0.1) is 0 Å². The Morgan fingerprint density at radius 1 is 1.05 bits per heavy atom. The van der Waals surface area contributed by atoms with Gasteiger partial charge < -0.3 is 0 Å². The van der Waals surface area contributed by atoms with Crippen LogP contribution in [0.15, 0.2) is 47.9 Å². The van der Waals surface area contributed by atoms with Crippen LogP contribution in [0.5, 0.6) is 0 Å². The second kappa shape index (κ2) is 4.24. The molecule has 1 aromatic heterocycles. The van der Waals surface area contributed by atoms with E-state index in [9.17, 15) is 14.4 Å². The normalized spacial score (nSPS) is 23.0. The molecule has 1 unspecified atom stereocenters. The van der Waals surface area contributed by atoms with Crippen molar-refractivity contribution in [2.75, 3.05) is 7.05 Å². The van der Waals surface area contributed by atoms with Gasteiger partial charge in [-0.25, -0.2) is 0 Å². The third kappa shape index (κ3) is 1.39. The summed E-state index contributed by atoms with van der Waals surface area (Å²) in [5.41, 5.74) is 0.733. The van der Waals surface area contributed by atoms with Gasteiger partial charge in [0.25, 0.3) is 5.91 Å². The first-order valence-corrected chi connectivity index (χ1v) is 7.69. The van der Waals surface area contributed by atoms with E-state index in [0.29, 0.717) is 21.6 Å². The summed E-state index contributed by atoms with van der Waals surface area (Å²) in [5.74, 6) is -0.728. The average molecular weight is 309 g/mol. The monoisotopic (exact) mass is 309 g/mol. The molecule has 0 fully saturated rings. The Morgan fingerprint density at radius 3 is 2.64 bits per heavy atom. The molecule has 2 aliphatic rings. The molecule has 2 amide bonds. The molecule has 0 saturated carbocycles. The number of carbonyl (C=O) groups is 3. The lowest BCUT2D eigenvalue weighted by Crippen LogP contribution is -2.53. The molecular formula is C17H11NO3S. The first kappa shape index (κ1) is 13.2. The summed E-state index contributed by atoms with van der Waals surface area (Å²) >= 11 is 1.32. The van der Waals surface area contributed by atoms with Crippen LogP contribution in [-0.4, -0.2) is 29.5 Å². The molecule has 5 heteroatoms.